The topological polar surface area (TPSA) is 21.3 Å². The summed E-state index contributed by atoms with van der Waals surface area (Å²) in [7, 11) is 1.76. The van der Waals surface area contributed by atoms with Gasteiger partial charge in [-0.25, -0.2) is 0 Å². The van der Waals surface area contributed by atoms with E-state index in [2.05, 4.69) is 33.0 Å². The highest BCUT2D eigenvalue weighted by atomic mass is 16.5. The van der Waals surface area contributed by atoms with Crippen LogP contribution in [0.4, 0.5) is 0 Å². The Labute approximate surface area is 108 Å². The maximum Gasteiger partial charge on any atom is 0.0587 e. The van der Waals surface area contributed by atoms with Gasteiger partial charge in [0.1, 0.15) is 0 Å². The van der Waals surface area contributed by atoms with E-state index < -0.39 is 0 Å². The quantitative estimate of drug-likeness (QED) is 0.744. The molecule has 0 spiro atoms. The third-order valence-electron chi connectivity index (χ3n) is 4.45. The van der Waals surface area contributed by atoms with Gasteiger partial charge in [0.25, 0.3) is 0 Å². The van der Waals surface area contributed by atoms with Crippen LogP contribution in [0, 0.1) is 16.7 Å². The van der Waals surface area contributed by atoms with Crippen molar-refractivity contribution in [3.05, 3.63) is 0 Å². The van der Waals surface area contributed by atoms with E-state index in [4.69, 9.17) is 4.74 Å². The second-order valence-electron chi connectivity index (χ2n) is 7.12. The highest BCUT2D eigenvalue weighted by Gasteiger charge is 2.35. The van der Waals surface area contributed by atoms with Gasteiger partial charge in [-0.3, -0.25) is 0 Å². The predicted molar refractivity (Wildman–Crippen MR) is 74.3 cm³/mol. The van der Waals surface area contributed by atoms with Crippen molar-refractivity contribution in [3.63, 3.8) is 0 Å². The van der Waals surface area contributed by atoms with Gasteiger partial charge in [0.15, 0.2) is 0 Å². The SMILES string of the molecule is COCCNCC1(C)CCC(C(C)(C)C)CC1. The van der Waals surface area contributed by atoms with E-state index in [-0.39, 0.29) is 0 Å². The number of hydrogen-bond donors (Lipinski definition) is 1. The Morgan fingerprint density at radius 2 is 1.82 bits per heavy atom. The average molecular weight is 241 g/mol. The summed E-state index contributed by atoms with van der Waals surface area (Å²) in [5, 5.41) is 3.53. The predicted octanol–water partition coefficient (Wildman–Crippen LogP) is 3.47. The second-order valence-corrected chi connectivity index (χ2v) is 7.12. The zero-order valence-corrected chi connectivity index (χ0v) is 12.4. The van der Waals surface area contributed by atoms with E-state index in [0.29, 0.717) is 10.8 Å². The maximum absolute atomic E-state index is 5.06. The molecular weight excluding hydrogens is 210 g/mol. The Balaban J connectivity index is 2.29. The van der Waals surface area contributed by atoms with Gasteiger partial charge in [0, 0.05) is 20.2 Å². The normalized spacial score (nSPS) is 30.5. The molecule has 1 aliphatic rings. The molecule has 0 atom stereocenters. The molecule has 17 heavy (non-hydrogen) atoms. The lowest BCUT2D eigenvalue weighted by Crippen LogP contribution is -2.38. The van der Waals surface area contributed by atoms with Crippen LogP contribution in [0.25, 0.3) is 0 Å². The molecule has 0 aliphatic heterocycles. The first-order valence-corrected chi connectivity index (χ1v) is 7.07. The number of nitrogens with one attached hydrogen (secondary N) is 1. The summed E-state index contributed by atoms with van der Waals surface area (Å²) < 4.78 is 5.06. The minimum atomic E-state index is 0.491. The molecular formula is C15H31NO. The molecule has 2 nitrogen and oxygen atoms in total. The Morgan fingerprint density at radius 1 is 1.24 bits per heavy atom. The lowest BCUT2D eigenvalue weighted by molar-refractivity contribution is 0.0966. The molecule has 1 aliphatic carbocycles. The van der Waals surface area contributed by atoms with E-state index in [9.17, 15) is 0 Å². The van der Waals surface area contributed by atoms with Crippen LogP contribution in [0.2, 0.25) is 0 Å². The van der Waals surface area contributed by atoms with Gasteiger partial charge in [-0.2, -0.15) is 0 Å². The van der Waals surface area contributed by atoms with E-state index >= 15 is 0 Å². The van der Waals surface area contributed by atoms with Crippen molar-refractivity contribution in [3.8, 4) is 0 Å². The van der Waals surface area contributed by atoms with Crippen molar-refractivity contribution in [2.75, 3.05) is 26.8 Å². The maximum atomic E-state index is 5.06. The van der Waals surface area contributed by atoms with Gasteiger partial charge >= 0.3 is 0 Å². The van der Waals surface area contributed by atoms with E-state index in [0.717, 1.165) is 25.6 Å². The van der Waals surface area contributed by atoms with Crippen molar-refractivity contribution in [2.45, 2.75) is 53.4 Å². The Hall–Kier alpha value is -0.0800. The molecule has 0 saturated heterocycles. The third-order valence-corrected chi connectivity index (χ3v) is 4.45. The van der Waals surface area contributed by atoms with E-state index in [1.165, 1.54) is 25.7 Å². The van der Waals surface area contributed by atoms with E-state index in [1.807, 2.05) is 0 Å². The minimum Gasteiger partial charge on any atom is -0.383 e. The zero-order chi connectivity index (χ0) is 12.9. The van der Waals surface area contributed by atoms with Gasteiger partial charge in [-0.1, -0.05) is 27.7 Å². The van der Waals surface area contributed by atoms with Crippen molar-refractivity contribution in [2.24, 2.45) is 16.7 Å². The van der Waals surface area contributed by atoms with Crippen LogP contribution < -0.4 is 5.32 Å². The summed E-state index contributed by atoms with van der Waals surface area (Å²) in [6, 6.07) is 0. The van der Waals surface area contributed by atoms with Crippen molar-refractivity contribution < 1.29 is 4.74 Å². The first kappa shape index (κ1) is 15.0. The Kier molecular flexibility index (Phi) is 5.46. The molecule has 0 bridgehead atoms. The van der Waals surface area contributed by atoms with Crippen molar-refractivity contribution >= 4 is 0 Å². The van der Waals surface area contributed by atoms with Crippen LogP contribution in [0.5, 0.6) is 0 Å². The third kappa shape index (κ3) is 4.97. The summed E-state index contributed by atoms with van der Waals surface area (Å²) >= 11 is 0. The summed E-state index contributed by atoms with van der Waals surface area (Å²) in [5.41, 5.74) is 1.00. The molecule has 0 heterocycles. The molecule has 0 unspecified atom stereocenters. The highest BCUT2D eigenvalue weighted by molar-refractivity contribution is 4.87. The number of methoxy groups -OCH3 is 1. The smallest absolute Gasteiger partial charge is 0.0587 e. The molecule has 102 valence electrons. The number of hydrogen-bond acceptors (Lipinski definition) is 2. The van der Waals surface area contributed by atoms with Crippen LogP contribution in [0.1, 0.15) is 53.4 Å². The van der Waals surface area contributed by atoms with Crippen molar-refractivity contribution in [1.29, 1.82) is 0 Å². The van der Waals surface area contributed by atoms with Crippen LogP contribution >= 0.6 is 0 Å². The molecule has 0 aromatic rings. The van der Waals surface area contributed by atoms with Crippen molar-refractivity contribution in [1.82, 2.24) is 5.32 Å². The van der Waals surface area contributed by atoms with Crippen LogP contribution in [-0.2, 0) is 4.74 Å². The lowest BCUT2D eigenvalue weighted by Gasteiger charge is -2.42. The fourth-order valence-electron chi connectivity index (χ4n) is 2.92. The lowest BCUT2D eigenvalue weighted by atomic mass is 9.65. The summed E-state index contributed by atoms with van der Waals surface area (Å²) in [6.07, 6.45) is 5.53. The summed E-state index contributed by atoms with van der Waals surface area (Å²) in [6.45, 7) is 12.5. The molecule has 1 fully saturated rings. The fourth-order valence-corrected chi connectivity index (χ4v) is 2.92. The monoisotopic (exact) mass is 241 g/mol. The molecule has 0 amide bonds. The first-order chi connectivity index (χ1) is 7.87. The largest absolute Gasteiger partial charge is 0.383 e. The van der Waals surface area contributed by atoms with Crippen LogP contribution in [0.15, 0.2) is 0 Å². The first-order valence-electron chi connectivity index (χ1n) is 7.07. The minimum absolute atomic E-state index is 0.491. The van der Waals surface area contributed by atoms with E-state index in [1.54, 1.807) is 7.11 Å². The zero-order valence-electron chi connectivity index (χ0n) is 12.4. The summed E-state index contributed by atoms with van der Waals surface area (Å²) in [4.78, 5) is 0. The summed E-state index contributed by atoms with van der Waals surface area (Å²) in [5.74, 6) is 0.912. The molecule has 0 aromatic carbocycles. The van der Waals surface area contributed by atoms with Gasteiger partial charge in [-0.05, 0) is 42.4 Å². The Morgan fingerprint density at radius 3 is 2.29 bits per heavy atom. The fraction of sp³-hybridized carbons (Fsp3) is 1.00. The molecule has 1 rings (SSSR count). The molecule has 0 aromatic heterocycles. The number of ether oxygens (including phenoxy) is 1. The van der Waals surface area contributed by atoms with Crippen LogP contribution in [-0.4, -0.2) is 26.8 Å². The van der Waals surface area contributed by atoms with Gasteiger partial charge in [-0.15, -0.1) is 0 Å². The Bertz CT molecular complexity index is 211. The van der Waals surface area contributed by atoms with Crippen LogP contribution in [0.3, 0.4) is 0 Å². The molecule has 2 heteroatoms. The molecule has 1 saturated carbocycles. The average Bonchev–Trinajstić information content (AvgIpc) is 2.24. The van der Waals surface area contributed by atoms with Gasteiger partial charge < -0.3 is 10.1 Å². The molecule has 0 radical (unpaired) electrons. The highest BCUT2D eigenvalue weighted by Crippen LogP contribution is 2.44. The standard InChI is InChI=1S/C15H31NO/c1-14(2,3)13-6-8-15(4,9-7-13)12-16-10-11-17-5/h13,16H,6-12H2,1-5H3. The second kappa shape index (κ2) is 6.19. The van der Waals surface area contributed by atoms with Gasteiger partial charge in [0.05, 0.1) is 6.61 Å². The molecule has 1 N–H and O–H groups in total. The van der Waals surface area contributed by atoms with Gasteiger partial charge in [0.2, 0.25) is 0 Å². The number of rotatable bonds is 5.